The zero-order chi connectivity index (χ0) is 22.8. The maximum Gasteiger partial charge on any atom is 0.336 e. The summed E-state index contributed by atoms with van der Waals surface area (Å²) in [6, 6.07) is 10.4. The van der Waals surface area contributed by atoms with E-state index in [1.807, 2.05) is 0 Å². The Balaban J connectivity index is 1.61. The van der Waals surface area contributed by atoms with Crippen molar-refractivity contribution < 1.29 is 9.53 Å². The van der Waals surface area contributed by atoms with Crippen molar-refractivity contribution in [2.24, 2.45) is 0 Å². The Morgan fingerprint density at radius 3 is 2.53 bits per heavy atom. The highest BCUT2D eigenvalue weighted by atomic mass is 35.5. The van der Waals surface area contributed by atoms with Gasteiger partial charge in [0, 0.05) is 35.6 Å². The van der Waals surface area contributed by atoms with E-state index in [2.05, 4.69) is 10.3 Å². The van der Waals surface area contributed by atoms with E-state index < -0.39 is 5.69 Å². The van der Waals surface area contributed by atoms with Crippen LogP contribution in [0.4, 0.5) is 0 Å². The zero-order valence-corrected chi connectivity index (χ0v) is 18.9. The van der Waals surface area contributed by atoms with Crippen LogP contribution in [-0.2, 0) is 13.1 Å². The molecule has 0 spiro atoms. The van der Waals surface area contributed by atoms with E-state index in [1.165, 1.54) is 17.7 Å². The number of thiazole rings is 1. The highest BCUT2D eigenvalue weighted by molar-refractivity contribution is 7.19. The van der Waals surface area contributed by atoms with Crippen molar-refractivity contribution in [3.8, 4) is 5.88 Å². The van der Waals surface area contributed by atoms with Crippen molar-refractivity contribution >= 4 is 33.7 Å². The SMILES string of the molecule is COc1ccc(CNC(=O)c2cn3c(=O)n(Cc4ccc(Cl)cc4)c(=O)c(C)c3s2)cn1. The van der Waals surface area contributed by atoms with E-state index in [9.17, 15) is 14.4 Å². The molecule has 0 saturated carbocycles. The van der Waals surface area contributed by atoms with Gasteiger partial charge in [-0.2, -0.15) is 0 Å². The summed E-state index contributed by atoms with van der Waals surface area (Å²) >= 11 is 7.01. The highest BCUT2D eigenvalue weighted by Crippen LogP contribution is 2.19. The van der Waals surface area contributed by atoms with Crippen molar-refractivity contribution in [1.29, 1.82) is 0 Å². The van der Waals surface area contributed by atoms with Gasteiger partial charge in [-0.25, -0.2) is 9.78 Å². The number of methoxy groups -OCH3 is 1. The van der Waals surface area contributed by atoms with E-state index in [0.29, 0.717) is 26.2 Å². The Morgan fingerprint density at radius 2 is 1.88 bits per heavy atom. The Kier molecular flexibility index (Phi) is 6.11. The first-order valence-electron chi connectivity index (χ1n) is 9.64. The summed E-state index contributed by atoms with van der Waals surface area (Å²) in [5, 5.41) is 3.38. The van der Waals surface area contributed by atoms with Gasteiger partial charge in [-0.1, -0.05) is 29.8 Å². The van der Waals surface area contributed by atoms with Crippen LogP contribution in [0.5, 0.6) is 5.88 Å². The summed E-state index contributed by atoms with van der Waals surface area (Å²) in [6.45, 7) is 2.03. The number of rotatable bonds is 6. The van der Waals surface area contributed by atoms with Gasteiger partial charge >= 0.3 is 5.69 Å². The van der Waals surface area contributed by atoms with Gasteiger partial charge in [-0.05, 0) is 30.2 Å². The molecule has 10 heteroatoms. The minimum atomic E-state index is -0.500. The summed E-state index contributed by atoms with van der Waals surface area (Å²) < 4.78 is 7.52. The number of fused-ring (bicyclic) bond motifs is 1. The third kappa shape index (κ3) is 4.30. The number of aryl methyl sites for hydroxylation is 1. The second-order valence-corrected chi connectivity index (χ2v) is 8.55. The fourth-order valence-corrected chi connectivity index (χ4v) is 4.32. The number of carbonyl (C=O) groups excluding carboxylic acids is 1. The molecule has 0 fully saturated rings. The van der Waals surface area contributed by atoms with Gasteiger partial charge in [-0.15, -0.1) is 11.3 Å². The van der Waals surface area contributed by atoms with Crippen LogP contribution < -0.4 is 21.3 Å². The highest BCUT2D eigenvalue weighted by Gasteiger charge is 2.17. The van der Waals surface area contributed by atoms with Crippen molar-refractivity contribution in [2.75, 3.05) is 7.11 Å². The third-order valence-corrected chi connectivity index (χ3v) is 6.39. The topological polar surface area (TPSA) is 94.7 Å². The first-order chi connectivity index (χ1) is 15.4. The third-order valence-electron chi connectivity index (χ3n) is 4.93. The quantitative estimate of drug-likeness (QED) is 0.467. The fourth-order valence-electron chi connectivity index (χ4n) is 3.19. The Hall–Kier alpha value is -3.43. The minimum Gasteiger partial charge on any atom is -0.481 e. The van der Waals surface area contributed by atoms with Crippen LogP contribution in [0.2, 0.25) is 5.02 Å². The number of amides is 1. The second kappa shape index (κ2) is 8.97. The number of pyridine rings is 1. The van der Waals surface area contributed by atoms with Crippen molar-refractivity contribution in [2.45, 2.75) is 20.0 Å². The average molecular weight is 471 g/mol. The monoisotopic (exact) mass is 470 g/mol. The molecule has 0 atom stereocenters. The van der Waals surface area contributed by atoms with Crippen LogP contribution in [0.25, 0.3) is 4.83 Å². The predicted molar refractivity (Wildman–Crippen MR) is 123 cm³/mol. The molecule has 4 rings (SSSR count). The van der Waals surface area contributed by atoms with Crippen LogP contribution in [-0.4, -0.2) is 27.0 Å². The second-order valence-electron chi connectivity index (χ2n) is 7.09. The Bertz CT molecular complexity index is 1410. The summed E-state index contributed by atoms with van der Waals surface area (Å²) in [7, 11) is 1.53. The largest absolute Gasteiger partial charge is 0.481 e. The smallest absolute Gasteiger partial charge is 0.336 e. The molecule has 0 radical (unpaired) electrons. The number of aromatic nitrogens is 3. The molecule has 0 saturated heterocycles. The van der Waals surface area contributed by atoms with Gasteiger partial charge in [0.05, 0.1) is 13.7 Å². The maximum absolute atomic E-state index is 13.0. The Labute approximate surface area is 191 Å². The molecule has 4 aromatic rings. The molecular weight excluding hydrogens is 452 g/mol. The number of nitrogens with zero attached hydrogens (tertiary/aromatic N) is 3. The van der Waals surface area contributed by atoms with Crippen LogP contribution in [0, 0.1) is 6.92 Å². The van der Waals surface area contributed by atoms with Crippen LogP contribution in [0.15, 0.2) is 58.4 Å². The molecule has 0 aliphatic heterocycles. The van der Waals surface area contributed by atoms with Crippen LogP contribution >= 0.6 is 22.9 Å². The summed E-state index contributed by atoms with van der Waals surface area (Å²) in [5.74, 6) is 0.143. The Morgan fingerprint density at radius 1 is 1.16 bits per heavy atom. The molecule has 164 valence electrons. The summed E-state index contributed by atoms with van der Waals surface area (Å²) in [5.41, 5.74) is 1.09. The number of ether oxygens (including phenoxy) is 1. The predicted octanol–water partition coefficient (Wildman–Crippen LogP) is 2.87. The van der Waals surface area contributed by atoms with Gasteiger partial charge in [0.25, 0.3) is 11.5 Å². The van der Waals surface area contributed by atoms with Gasteiger partial charge in [0.15, 0.2) is 0 Å². The van der Waals surface area contributed by atoms with Gasteiger partial charge < -0.3 is 10.1 Å². The van der Waals surface area contributed by atoms with Gasteiger partial charge in [-0.3, -0.25) is 18.6 Å². The number of hydrogen-bond donors (Lipinski definition) is 1. The number of benzene rings is 1. The lowest BCUT2D eigenvalue weighted by atomic mass is 10.2. The van der Waals surface area contributed by atoms with E-state index in [-0.39, 0.29) is 24.6 Å². The number of halogens is 1. The lowest BCUT2D eigenvalue weighted by molar-refractivity contribution is 0.0954. The van der Waals surface area contributed by atoms with Crippen molar-refractivity contribution in [3.63, 3.8) is 0 Å². The molecule has 8 nitrogen and oxygen atoms in total. The van der Waals surface area contributed by atoms with E-state index in [4.69, 9.17) is 16.3 Å². The maximum atomic E-state index is 13.0. The zero-order valence-electron chi connectivity index (χ0n) is 17.3. The molecule has 1 aromatic carbocycles. The number of hydrogen-bond acceptors (Lipinski definition) is 6. The van der Waals surface area contributed by atoms with E-state index in [0.717, 1.165) is 27.0 Å². The molecule has 1 N–H and O–H groups in total. The molecule has 3 aromatic heterocycles. The first kappa shape index (κ1) is 21.8. The number of nitrogens with one attached hydrogen (secondary N) is 1. The molecule has 3 heterocycles. The van der Waals surface area contributed by atoms with Crippen molar-refractivity contribution in [1.82, 2.24) is 19.3 Å². The molecule has 0 aliphatic carbocycles. The summed E-state index contributed by atoms with van der Waals surface area (Å²) in [4.78, 5) is 43.4. The van der Waals surface area contributed by atoms with Crippen molar-refractivity contribution in [3.05, 3.63) is 96.2 Å². The molecule has 0 bridgehead atoms. The average Bonchev–Trinajstić information content (AvgIpc) is 3.26. The van der Waals surface area contributed by atoms with Gasteiger partial charge in [0.1, 0.15) is 9.71 Å². The normalized spacial score (nSPS) is 11.0. The molecule has 1 amide bonds. The van der Waals surface area contributed by atoms with E-state index >= 15 is 0 Å². The lowest BCUT2D eigenvalue weighted by Gasteiger charge is -2.07. The molecule has 0 unspecified atom stereocenters. The lowest BCUT2D eigenvalue weighted by Crippen LogP contribution is -2.38. The number of carbonyl (C=O) groups is 1. The van der Waals surface area contributed by atoms with Gasteiger partial charge in [0.2, 0.25) is 5.88 Å². The minimum absolute atomic E-state index is 0.112. The van der Waals surface area contributed by atoms with Crippen LogP contribution in [0.3, 0.4) is 0 Å². The molecule has 32 heavy (non-hydrogen) atoms. The molecule has 0 aliphatic rings. The fraction of sp³-hybridized carbons (Fsp3) is 0.182. The standard InChI is InChI=1S/C22H19ClN4O4S/c1-13-20(29)26(11-14-3-6-16(23)7-4-14)22(30)27-12-17(32-21(13)27)19(28)25-10-15-5-8-18(31-2)24-9-15/h3-9,12H,10-11H2,1-2H3,(H,25,28). The first-order valence-corrected chi connectivity index (χ1v) is 10.8. The van der Waals surface area contributed by atoms with E-state index in [1.54, 1.807) is 49.5 Å². The molecular formula is C22H19ClN4O4S. The van der Waals surface area contributed by atoms with Crippen LogP contribution in [0.1, 0.15) is 26.4 Å². The summed E-state index contributed by atoms with van der Waals surface area (Å²) in [6.07, 6.45) is 3.08.